The summed E-state index contributed by atoms with van der Waals surface area (Å²) in [5.41, 5.74) is 5.30. The number of nitrogens with zero attached hydrogens (tertiary/aromatic N) is 2. The van der Waals surface area contributed by atoms with E-state index in [1.165, 1.54) is 31.6 Å². The Morgan fingerprint density at radius 2 is 1.65 bits per heavy atom. The number of halogens is 2. The van der Waals surface area contributed by atoms with E-state index in [1.807, 2.05) is 0 Å². The van der Waals surface area contributed by atoms with E-state index >= 15 is 0 Å². The fraction of sp³-hybridized carbons (Fsp3) is 0.0833. The number of sulfonamides is 1. The van der Waals surface area contributed by atoms with Gasteiger partial charge in [0.15, 0.2) is 4.90 Å². The Morgan fingerprint density at radius 1 is 1.15 bits per heavy atom. The van der Waals surface area contributed by atoms with Gasteiger partial charge in [0, 0.05) is 25.1 Å². The molecule has 0 saturated heterocycles. The lowest BCUT2D eigenvalue weighted by Gasteiger charge is -2.20. The van der Waals surface area contributed by atoms with Crippen LogP contribution in [0.5, 0.6) is 0 Å². The SMILES string of the molecule is CN(c1ccncc1)S(=O)(=O)c1c(F)cc(N)cc1F. The molecule has 2 N–H and O–H groups in total. The lowest BCUT2D eigenvalue weighted by Crippen LogP contribution is -2.28. The van der Waals surface area contributed by atoms with Gasteiger partial charge in [0.1, 0.15) is 11.6 Å². The number of hydrogen-bond acceptors (Lipinski definition) is 4. The fourth-order valence-corrected chi connectivity index (χ4v) is 2.94. The van der Waals surface area contributed by atoms with Crippen LogP contribution < -0.4 is 10.0 Å². The Hall–Kier alpha value is -2.22. The van der Waals surface area contributed by atoms with E-state index in [1.54, 1.807) is 0 Å². The monoisotopic (exact) mass is 299 g/mol. The highest BCUT2D eigenvalue weighted by Gasteiger charge is 2.29. The molecule has 106 valence electrons. The average Bonchev–Trinajstić information content (AvgIpc) is 2.37. The Balaban J connectivity index is 2.57. The maximum atomic E-state index is 13.7. The normalized spacial score (nSPS) is 11.3. The average molecular weight is 299 g/mol. The van der Waals surface area contributed by atoms with Crippen molar-refractivity contribution in [3.63, 3.8) is 0 Å². The summed E-state index contributed by atoms with van der Waals surface area (Å²) in [6.07, 6.45) is 2.74. The van der Waals surface area contributed by atoms with Gasteiger partial charge >= 0.3 is 0 Å². The highest BCUT2D eigenvalue weighted by molar-refractivity contribution is 7.92. The van der Waals surface area contributed by atoms with E-state index in [-0.39, 0.29) is 11.4 Å². The molecule has 0 atom stereocenters. The van der Waals surface area contributed by atoms with Crippen LogP contribution in [-0.4, -0.2) is 20.4 Å². The molecule has 0 amide bonds. The van der Waals surface area contributed by atoms with Gasteiger partial charge in [-0.15, -0.1) is 0 Å². The van der Waals surface area contributed by atoms with E-state index in [9.17, 15) is 17.2 Å². The van der Waals surface area contributed by atoms with Gasteiger partial charge in [-0.2, -0.15) is 0 Å². The summed E-state index contributed by atoms with van der Waals surface area (Å²) < 4.78 is 52.8. The molecule has 0 unspecified atom stereocenters. The van der Waals surface area contributed by atoms with Gasteiger partial charge in [0.2, 0.25) is 0 Å². The maximum absolute atomic E-state index is 13.7. The van der Waals surface area contributed by atoms with E-state index in [0.717, 1.165) is 16.4 Å². The molecule has 1 aromatic carbocycles. The van der Waals surface area contributed by atoms with Crippen molar-refractivity contribution in [1.29, 1.82) is 0 Å². The second kappa shape index (κ2) is 5.04. The molecule has 5 nitrogen and oxygen atoms in total. The summed E-state index contributed by atoms with van der Waals surface area (Å²) in [5, 5.41) is 0. The van der Waals surface area contributed by atoms with E-state index in [2.05, 4.69) is 4.98 Å². The van der Waals surface area contributed by atoms with Crippen molar-refractivity contribution in [2.45, 2.75) is 4.90 Å². The minimum Gasteiger partial charge on any atom is -0.399 e. The van der Waals surface area contributed by atoms with Crippen LogP contribution in [0.4, 0.5) is 20.2 Å². The number of hydrogen-bond donors (Lipinski definition) is 1. The minimum atomic E-state index is -4.37. The zero-order valence-electron chi connectivity index (χ0n) is 10.4. The Labute approximate surface area is 114 Å². The second-order valence-electron chi connectivity index (χ2n) is 3.99. The first-order chi connectivity index (χ1) is 9.34. The first-order valence-corrected chi connectivity index (χ1v) is 6.91. The molecule has 0 aliphatic heterocycles. The van der Waals surface area contributed by atoms with Gasteiger partial charge in [0.05, 0.1) is 5.69 Å². The van der Waals surface area contributed by atoms with Crippen molar-refractivity contribution in [3.8, 4) is 0 Å². The first-order valence-electron chi connectivity index (χ1n) is 5.47. The third-order valence-electron chi connectivity index (χ3n) is 2.67. The van der Waals surface area contributed by atoms with Crippen LogP contribution >= 0.6 is 0 Å². The summed E-state index contributed by atoms with van der Waals surface area (Å²) in [5.74, 6) is -2.47. The Bertz CT molecular complexity index is 713. The number of anilines is 2. The number of rotatable bonds is 3. The molecule has 0 aliphatic rings. The zero-order chi connectivity index (χ0) is 14.9. The van der Waals surface area contributed by atoms with E-state index in [0.29, 0.717) is 0 Å². The van der Waals surface area contributed by atoms with Crippen LogP contribution in [-0.2, 0) is 10.0 Å². The number of benzene rings is 1. The Kier molecular flexibility index (Phi) is 3.58. The Morgan fingerprint density at radius 3 is 2.15 bits per heavy atom. The minimum absolute atomic E-state index is 0.189. The second-order valence-corrected chi connectivity index (χ2v) is 5.90. The molecule has 8 heteroatoms. The smallest absolute Gasteiger partial charge is 0.269 e. The maximum Gasteiger partial charge on any atom is 0.269 e. The molecule has 0 radical (unpaired) electrons. The van der Waals surface area contributed by atoms with E-state index < -0.39 is 26.6 Å². The third kappa shape index (κ3) is 2.42. The van der Waals surface area contributed by atoms with E-state index in [4.69, 9.17) is 5.73 Å². The third-order valence-corrected chi connectivity index (χ3v) is 4.50. The van der Waals surface area contributed by atoms with Crippen molar-refractivity contribution in [3.05, 3.63) is 48.3 Å². The van der Waals surface area contributed by atoms with Crippen molar-refractivity contribution < 1.29 is 17.2 Å². The molecule has 2 rings (SSSR count). The molecule has 20 heavy (non-hydrogen) atoms. The predicted molar refractivity (Wildman–Crippen MR) is 70.6 cm³/mol. The van der Waals surface area contributed by atoms with Crippen molar-refractivity contribution >= 4 is 21.4 Å². The summed E-state index contributed by atoms with van der Waals surface area (Å²) in [4.78, 5) is 2.71. The summed E-state index contributed by atoms with van der Waals surface area (Å²) in [6, 6.07) is 4.34. The van der Waals surface area contributed by atoms with Crippen LogP contribution in [0, 0.1) is 11.6 Å². The molecule has 0 fully saturated rings. The molecule has 0 saturated carbocycles. The van der Waals surface area contributed by atoms with Crippen molar-refractivity contribution in [2.24, 2.45) is 0 Å². The van der Waals surface area contributed by atoms with Gasteiger partial charge in [-0.25, -0.2) is 17.2 Å². The van der Waals surface area contributed by atoms with Crippen LogP contribution in [0.2, 0.25) is 0 Å². The largest absolute Gasteiger partial charge is 0.399 e. The quantitative estimate of drug-likeness (QED) is 0.876. The highest BCUT2D eigenvalue weighted by atomic mass is 32.2. The summed E-state index contributed by atoms with van der Waals surface area (Å²) >= 11 is 0. The number of nitrogen functional groups attached to an aromatic ring is 1. The van der Waals surface area contributed by atoms with Gasteiger partial charge < -0.3 is 5.73 Å². The summed E-state index contributed by atoms with van der Waals surface area (Å²) in [7, 11) is -3.18. The zero-order valence-corrected chi connectivity index (χ0v) is 11.2. The van der Waals surface area contributed by atoms with Crippen LogP contribution in [0.1, 0.15) is 0 Å². The topological polar surface area (TPSA) is 76.3 Å². The van der Waals surface area contributed by atoms with Crippen LogP contribution in [0.15, 0.2) is 41.6 Å². The molecule has 0 aliphatic carbocycles. The predicted octanol–water partition coefficient (Wildman–Crippen LogP) is 1.77. The summed E-state index contributed by atoms with van der Waals surface area (Å²) in [6.45, 7) is 0. The molecule has 1 aromatic heterocycles. The highest BCUT2D eigenvalue weighted by Crippen LogP contribution is 2.27. The van der Waals surface area contributed by atoms with Gasteiger partial charge in [0.25, 0.3) is 10.0 Å². The molecular weight excluding hydrogens is 288 g/mol. The first kappa shape index (κ1) is 14.2. The van der Waals surface area contributed by atoms with Gasteiger partial charge in [-0.1, -0.05) is 0 Å². The van der Waals surface area contributed by atoms with Crippen molar-refractivity contribution in [1.82, 2.24) is 4.98 Å². The lowest BCUT2D eigenvalue weighted by molar-refractivity contribution is 0.519. The number of pyridine rings is 1. The van der Waals surface area contributed by atoms with Crippen molar-refractivity contribution in [2.75, 3.05) is 17.1 Å². The van der Waals surface area contributed by atoms with Crippen LogP contribution in [0.3, 0.4) is 0 Å². The standard InChI is InChI=1S/C12H11F2N3O2S/c1-17(9-2-4-16-5-3-9)20(18,19)12-10(13)6-8(15)7-11(12)14/h2-7H,15H2,1H3. The number of aromatic nitrogens is 1. The molecular formula is C12H11F2N3O2S. The molecule has 0 spiro atoms. The molecule has 0 bridgehead atoms. The number of nitrogens with two attached hydrogens (primary N) is 1. The van der Waals surface area contributed by atoms with Gasteiger partial charge in [-0.05, 0) is 24.3 Å². The molecule has 2 aromatic rings. The lowest BCUT2D eigenvalue weighted by atomic mass is 10.3. The van der Waals surface area contributed by atoms with Gasteiger partial charge in [-0.3, -0.25) is 9.29 Å². The molecule has 1 heterocycles. The van der Waals surface area contributed by atoms with Crippen LogP contribution in [0.25, 0.3) is 0 Å². The fourth-order valence-electron chi connectivity index (χ4n) is 1.66.